The van der Waals surface area contributed by atoms with Crippen LogP contribution >= 0.6 is 0 Å². The summed E-state index contributed by atoms with van der Waals surface area (Å²) in [6.45, 7) is 4.03. The smallest absolute Gasteiger partial charge is 0.225 e. The quantitative estimate of drug-likeness (QED) is 0.866. The second-order valence-electron chi connectivity index (χ2n) is 4.72. The van der Waals surface area contributed by atoms with Gasteiger partial charge >= 0.3 is 0 Å². The average Bonchev–Trinajstić information content (AvgIpc) is 2.44. The minimum Gasteiger partial charge on any atom is -0.354 e. The Hall–Kier alpha value is -2.36. The molecule has 0 saturated carbocycles. The number of hydrogen-bond acceptors (Lipinski definition) is 3. The molecule has 0 aliphatic carbocycles. The first-order chi connectivity index (χ1) is 9.67. The van der Waals surface area contributed by atoms with Crippen LogP contribution in [0, 0.1) is 6.92 Å². The van der Waals surface area contributed by atoms with Gasteiger partial charge in [-0.1, -0.05) is 24.6 Å². The molecular formula is C16H19N3O. The molecule has 0 radical (unpaired) electrons. The van der Waals surface area contributed by atoms with Crippen LogP contribution in [0.2, 0.25) is 0 Å². The van der Waals surface area contributed by atoms with Crippen molar-refractivity contribution in [3.05, 3.63) is 48.2 Å². The fraction of sp³-hybridized carbons (Fsp3) is 0.250. The van der Waals surface area contributed by atoms with Crippen LogP contribution in [0.25, 0.3) is 0 Å². The number of carbonyl (C=O) groups is 1. The van der Waals surface area contributed by atoms with Crippen LogP contribution in [0.4, 0.5) is 17.2 Å². The largest absolute Gasteiger partial charge is 0.354 e. The number of aryl methyl sites for hydroxylation is 1. The summed E-state index contributed by atoms with van der Waals surface area (Å²) in [4.78, 5) is 15.7. The monoisotopic (exact) mass is 269 g/mol. The van der Waals surface area contributed by atoms with Crippen molar-refractivity contribution in [3.63, 3.8) is 0 Å². The van der Waals surface area contributed by atoms with Crippen molar-refractivity contribution in [2.75, 3.05) is 10.6 Å². The van der Waals surface area contributed by atoms with Crippen molar-refractivity contribution in [2.24, 2.45) is 0 Å². The summed E-state index contributed by atoms with van der Waals surface area (Å²) in [5, 5.41) is 6.03. The van der Waals surface area contributed by atoms with E-state index >= 15 is 0 Å². The van der Waals surface area contributed by atoms with E-state index in [1.165, 1.54) is 5.56 Å². The van der Waals surface area contributed by atoms with Crippen molar-refractivity contribution in [3.8, 4) is 0 Å². The number of rotatable bonds is 5. The highest BCUT2D eigenvalue weighted by molar-refractivity contribution is 5.89. The summed E-state index contributed by atoms with van der Waals surface area (Å²) in [6, 6.07) is 11.8. The van der Waals surface area contributed by atoms with E-state index in [0.717, 1.165) is 17.8 Å². The second-order valence-corrected chi connectivity index (χ2v) is 4.72. The first kappa shape index (κ1) is 14.1. The van der Waals surface area contributed by atoms with E-state index in [-0.39, 0.29) is 5.91 Å². The van der Waals surface area contributed by atoms with E-state index in [4.69, 9.17) is 0 Å². The molecule has 0 fully saturated rings. The molecule has 0 saturated heterocycles. The van der Waals surface area contributed by atoms with Crippen LogP contribution in [-0.4, -0.2) is 10.9 Å². The Morgan fingerprint density at radius 3 is 2.40 bits per heavy atom. The zero-order valence-electron chi connectivity index (χ0n) is 11.8. The van der Waals surface area contributed by atoms with Crippen LogP contribution in [-0.2, 0) is 4.79 Å². The number of carbonyl (C=O) groups excluding carboxylic acids is 1. The molecular weight excluding hydrogens is 250 g/mol. The van der Waals surface area contributed by atoms with Gasteiger partial charge in [0.1, 0.15) is 5.82 Å². The summed E-state index contributed by atoms with van der Waals surface area (Å²) in [7, 11) is 0. The Kier molecular flexibility index (Phi) is 4.71. The molecule has 0 spiro atoms. The third kappa shape index (κ3) is 4.09. The third-order valence-electron chi connectivity index (χ3n) is 2.85. The molecule has 0 unspecified atom stereocenters. The topological polar surface area (TPSA) is 54.0 Å². The predicted molar refractivity (Wildman–Crippen MR) is 82.2 cm³/mol. The Morgan fingerprint density at radius 2 is 1.80 bits per heavy atom. The van der Waals surface area contributed by atoms with Gasteiger partial charge in [-0.05, 0) is 37.6 Å². The highest BCUT2D eigenvalue weighted by Gasteiger charge is 2.02. The number of nitrogens with one attached hydrogen (secondary N) is 2. The van der Waals surface area contributed by atoms with Gasteiger partial charge in [0.15, 0.2) is 0 Å². The van der Waals surface area contributed by atoms with Gasteiger partial charge in [-0.25, -0.2) is 4.98 Å². The molecule has 0 aliphatic rings. The summed E-state index contributed by atoms with van der Waals surface area (Å²) >= 11 is 0. The number of amides is 1. The minimum atomic E-state index is -0.000700. The average molecular weight is 269 g/mol. The van der Waals surface area contributed by atoms with E-state index in [0.29, 0.717) is 12.2 Å². The molecule has 20 heavy (non-hydrogen) atoms. The van der Waals surface area contributed by atoms with Gasteiger partial charge in [0.05, 0.1) is 11.9 Å². The molecule has 4 nitrogen and oxygen atoms in total. The number of hydrogen-bond donors (Lipinski definition) is 2. The Bertz CT molecular complexity index is 561. The van der Waals surface area contributed by atoms with E-state index in [1.54, 1.807) is 12.3 Å². The highest BCUT2D eigenvalue weighted by atomic mass is 16.1. The number of benzene rings is 1. The van der Waals surface area contributed by atoms with Crippen LogP contribution in [0.1, 0.15) is 25.3 Å². The molecule has 1 heterocycles. The maximum Gasteiger partial charge on any atom is 0.225 e. The lowest BCUT2D eigenvalue weighted by molar-refractivity contribution is -0.116. The maximum absolute atomic E-state index is 11.5. The molecule has 2 N–H and O–H groups in total. The summed E-state index contributed by atoms with van der Waals surface area (Å²) in [6.07, 6.45) is 3.06. The number of nitrogens with zero attached hydrogens (tertiary/aromatic N) is 1. The second kappa shape index (κ2) is 6.70. The lowest BCUT2D eigenvalue weighted by Crippen LogP contribution is -2.11. The number of anilines is 3. The zero-order valence-corrected chi connectivity index (χ0v) is 11.8. The molecule has 0 bridgehead atoms. The summed E-state index contributed by atoms with van der Waals surface area (Å²) in [5.41, 5.74) is 3.13. The SMILES string of the molecule is CCCC(=O)Nc1ccc(Nc2ccc(C)cc2)cn1. The molecule has 0 atom stereocenters. The standard InChI is InChI=1S/C16H19N3O/c1-3-4-16(20)19-15-10-9-14(11-17-15)18-13-7-5-12(2)6-8-13/h5-11,18H,3-4H2,1-2H3,(H,17,19,20). The van der Waals surface area contributed by atoms with Gasteiger partial charge in [-0.2, -0.15) is 0 Å². The highest BCUT2D eigenvalue weighted by Crippen LogP contribution is 2.17. The maximum atomic E-state index is 11.5. The van der Waals surface area contributed by atoms with E-state index < -0.39 is 0 Å². The first-order valence-electron chi connectivity index (χ1n) is 6.77. The van der Waals surface area contributed by atoms with Crippen molar-refractivity contribution in [1.29, 1.82) is 0 Å². The molecule has 104 valence electrons. The van der Waals surface area contributed by atoms with Gasteiger partial charge in [0.2, 0.25) is 5.91 Å². The van der Waals surface area contributed by atoms with Crippen molar-refractivity contribution in [1.82, 2.24) is 4.98 Å². The molecule has 2 aromatic rings. The summed E-state index contributed by atoms with van der Waals surface area (Å²) in [5.74, 6) is 0.581. The molecule has 0 aliphatic heterocycles. The molecule has 4 heteroatoms. The zero-order chi connectivity index (χ0) is 14.4. The first-order valence-corrected chi connectivity index (χ1v) is 6.77. The minimum absolute atomic E-state index is 0.000700. The van der Waals surface area contributed by atoms with Crippen molar-refractivity contribution >= 4 is 23.1 Å². The van der Waals surface area contributed by atoms with Gasteiger partial charge in [0.25, 0.3) is 0 Å². The Morgan fingerprint density at radius 1 is 1.10 bits per heavy atom. The van der Waals surface area contributed by atoms with E-state index in [2.05, 4.69) is 34.7 Å². The van der Waals surface area contributed by atoms with Crippen LogP contribution in [0.3, 0.4) is 0 Å². The van der Waals surface area contributed by atoms with Gasteiger partial charge < -0.3 is 10.6 Å². The fourth-order valence-electron chi connectivity index (χ4n) is 1.78. The van der Waals surface area contributed by atoms with Gasteiger partial charge in [0, 0.05) is 12.1 Å². The molecule has 1 aromatic carbocycles. The summed E-state index contributed by atoms with van der Waals surface area (Å²) < 4.78 is 0. The fourth-order valence-corrected chi connectivity index (χ4v) is 1.78. The van der Waals surface area contributed by atoms with E-state index in [9.17, 15) is 4.79 Å². The number of pyridine rings is 1. The lowest BCUT2D eigenvalue weighted by Gasteiger charge is -2.08. The van der Waals surface area contributed by atoms with Crippen molar-refractivity contribution < 1.29 is 4.79 Å². The Balaban J connectivity index is 1.97. The van der Waals surface area contributed by atoms with Gasteiger partial charge in [-0.15, -0.1) is 0 Å². The van der Waals surface area contributed by atoms with E-state index in [1.807, 2.05) is 25.1 Å². The van der Waals surface area contributed by atoms with Gasteiger partial charge in [-0.3, -0.25) is 4.79 Å². The Labute approximate surface area is 119 Å². The van der Waals surface area contributed by atoms with Crippen LogP contribution < -0.4 is 10.6 Å². The van der Waals surface area contributed by atoms with Crippen LogP contribution in [0.5, 0.6) is 0 Å². The molecule has 1 amide bonds. The lowest BCUT2D eigenvalue weighted by atomic mass is 10.2. The predicted octanol–water partition coefficient (Wildman–Crippen LogP) is 3.87. The van der Waals surface area contributed by atoms with Crippen molar-refractivity contribution in [2.45, 2.75) is 26.7 Å². The molecule has 1 aromatic heterocycles. The number of aromatic nitrogens is 1. The molecule has 2 rings (SSSR count). The normalized spacial score (nSPS) is 10.1. The third-order valence-corrected chi connectivity index (χ3v) is 2.85. The van der Waals surface area contributed by atoms with Crippen LogP contribution in [0.15, 0.2) is 42.6 Å².